The fourth-order valence-electron chi connectivity index (χ4n) is 2.37. The van der Waals surface area contributed by atoms with Crippen molar-refractivity contribution >= 4 is 23.9 Å². The molecule has 3 amide bonds. The van der Waals surface area contributed by atoms with Crippen LogP contribution in [0.5, 0.6) is 17.2 Å². The van der Waals surface area contributed by atoms with E-state index in [2.05, 4.69) is 15.8 Å². The lowest BCUT2D eigenvalue weighted by Crippen LogP contribution is -2.37. The Balaban J connectivity index is 1.46. The summed E-state index contributed by atoms with van der Waals surface area (Å²) < 4.78 is 15.6. The summed E-state index contributed by atoms with van der Waals surface area (Å²) in [5.74, 6) is -0.700. The molecule has 1 aliphatic heterocycles. The highest BCUT2D eigenvalue weighted by Gasteiger charge is 2.15. The Kier molecular flexibility index (Phi) is 6.25. The number of ether oxygens (including phenoxy) is 3. The lowest BCUT2D eigenvalue weighted by atomic mass is 10.2. The molecular formula is C19H18N4O6. The van der Waals surface area contributed by atoms with Crippen LogP contribution in [0, 0.1) is 0 Å². The normalized spacial score (nSPS) is 11.9. The second kappa shape index (κ2) is 9.22. The summed E-state index contributed by atoms with van der Waals surface area (Å²) in [5.41, 5.74) is 8.50. The van der Waals surface area contributed by atoms with Gasteiger partial charge in [-0.05, 0) is 35.4 Å². The third-order valence-electron chi connectivity index (χ3n) is 3.72. The van der Waals surface area contributed by atoms with Crippen LogP contribution in [0.3, 0.4) is 0 Å². The lowest BCUT2D eigenvalue weighted by molar-refractivity contribution is -0.139. The van der Waals surface area contributed by atoms with Gasteiger partial charge in [0.15, 0.2) is 18.1 Å². The maximum atomic E-state index is 11.9. The number of nitrogens with zero attached hydrogens (tertiary/aromatic N) is 1. The van der Waals surface area contributed by atoms with Crippen molar-refractivity contribution in [2.75, 3.05) is 13.4 Å². The van der Waals surface area contributed by atoms with E-state index in [1.54, 1.807) is 42.5 Å². The summed E-state index contributed by atoms with van der Waals surface area (Å²) >= 11 is 0. The molecule has 29 heavy (non-hydrogen) atoms. The number of benzene rings is 2. The van der Waals surface area contributed by atoms with E-state index in [1.807, 2.05) is 0 Å². The van der Waals surface area contributed by atoms with Crippen LogP contribution in [-0.4, -0.2) is 37.3 Å². The first-order valence-electron chi connectivity index (χ1n) is 8.52. The van der Waals surface area contributed by atoms with Crippen molar-refractivity contribution in [1.82, 2.24) is 10.7 Å². The number of hydrazone groups is 1. The predicted octanol–water partition coefficient (Wildman–Crippen LogP) is 0.0459. The molecule has 150 valence electrons. The first kappa shape index (κ1) is 19.7. The Labute approximate surface area is 165 Å². The Bertz CT molecular complexity index is 959. The van der Waals surface area contributed by atoms with Crippen LogP contribution in [0.1, 0.15) is 11.1 Å². The quantitative estimate of drug-likeness (QED) is 0.342. The summed E-state index contributed by atoms with van der Waals surface area (Å²) in [4.78, 5) is 34.4. The minimum Gasteiger partial charge on any atom is -0.484 e. The molecule has 4 N–H and O–H groups in total. The van der Waals surface area contributed by atoms with E-state index in [0.717, 1.165) is 5.56 Å². The van der Waals surface area contributed by atoms with Gasteiger partial charge in [0, 0.05) is 6.54 Å². The number of carbonyl (C=O) groups is 3. The van der Waals surface area contributed by atoms with Crippen LogP contribution in [-0.2, 0) is 20.9 Å². The van der Waals surface area contributed by atoms with Crippen LogP contribution in [0.4, 0.5) is 0 Å². The largest absolute Gasteiger partial charge is 0.484 e. The van der Waals surface area contributed by atoms with Gasteiger partial charge in [-0.15, -0.1) is 0 Å². The fraction of sp³-hybridized carbons (Fsp3) is 0.158. The maximum absolute atomic E-state index is 11.9. The molecule has 10 nitrogen and oxygen atoms in total. The van der Waals surface area contributed by atoms with Crippen LogP contribution in [0.25, 0.3) is 0 Å². The van der Waals surface area contributed by atoms with Crippen molar-refractivity contribution in [3.63, 3.8) is 0 Å². The van der Waals surface area contributed by atoms with E-state index in [-0.39, 0.29) is 19.9 Å². The van der Waals surface area contributed by atoms with Crippen molar-refractivity contribution < 1.29 is 28.6 Å². The first-order chi connectivity index (χ1) is 14.0. The van der Waals surface area contributed by atoms with Crippen LogP contribution in [0.15, 0.2) is 47.6 Å². The summed E-state index contributed by atoms with van der Waals surface area (Å²) in [5, 5.41) is 6.22. The van der Waals surface area contributed by atoms with E-state index in [1.165, 1.54) is 6.21 Å². The number of nitrogens with one attached hydrogen (secondary N) is 2. The Hall–Kier alpha value is -4.08. The van der Waals surface area contributed by atoms with Gasteiger partial charge < -0.3 is 25.3 Å². The molecule has 2 aromatic rings. The van der Waals surface area contributed by atoms with Crippen molar-refractivity contribution in [2.45, 2.75) is 6.54 Å². The zero-order valence-electron chi connectivity index (χ0n) is 15.2. The average Bonchev–Trinajstić information content (AvgIpc) is 3.18. The van der Waals surface area contributed by atoms with E-state index in [9.17, 15) is 14.4 Å². The SMILES string of the molecule is NC(=O)COc1cccc(/C=N\NC(=O)C(=O)NCc2ccc3c(c2)OCO3)c1. The summed E-state index contributed by atoms with van der Waals surface area (Å²) in [6.45, 7) is 0.0540. The molecule has 0 atom stereocenters. The molecule has 0 fully saturated rings. The minimum atomic E-state index is -0.914. The maximum Gasteiger partial charge on any atom is 0.329 e. The number of nitrogens with two attached hydrogens (primary N) is 1. The van der Waals surface area contributed by atoms with Gasteiger partial charge in [-0.1, -0.05) is 18.2 Å². The summed E-state index contributed by atoms with van der Waals surface area (Å²) in [6.07, 6.45) is 1.33. The van der Waals surface area contributed by atoms with Crippen molar-refractivity contribution in [3.8, 4) is 17.2 Å². The molecule has 0 unspecified atom stereocenters. The van der Waals surface area contributed by atoms with Gasteiger partial charge in [0.25, 0.3) is 5.91 Å². The molecule has 0 saturated heterocycles. The number of rotatable bonds is 7. The summed E-state index contributed by atoms with van der Waals surface area (Å²) in [7, 11) is 0. The number of hydrogen-bond donors (Lipinski definition) is 3. The van der Waals surface area contributed by atoms with Crippen LogP contribution >= 0.6 is 0 Å². The van der Waals surface area contributed by atoms with Gasteiger partial charge in [0.05, 0.1) is 6.21 Å². The zero-order chi connectivity index (χ0) is 20.6. The van der Waals surface area contributed by atoms with Gasteiger partial charge in [-0.25, -0.2) is 5.43 Å². The van der Waals surface area contributed by atoms with E-state index in [0.29, 0.717) is 22.8 Å². The Morgan fingerprint density at radius 1 is 1.10 bits per heavy atom. The zero-order valence-corrected chi connectivity index (χ0v) is 15.2. The highest BCUT2D eigenvalue weighted by atomic mass is 16.7. The van der Waals surface area contributed by atoms with E-state index in [4.69, 9.17) is 19.9 Å². The monoisotopic (exact) mass is 398 g/mol. The fourth-order valence-corrected chi connectivity index (χ4v) is 2.37. The third kappa shape index (κ3) is 5.70. The molecule has 0 aliphatic carbocycles. The molecule has 0 bridgehead atoms. The molecule has 3 rings (SSSR count). The highest BCUT2D eigenvalue weighted by molar-refractivity contribution is 6.35. The third-order valence-corrected chi connectivity index (χ3v) is 3.72. The van der Waals surface area contributed by atoms with Gasteiger partial charge in [-0.3, -0.25) is 14.4 Å². The molecule has 0 saturated carbocycles. The molecule has 0 aromatic heterocycles. The molecule has 10 heteroatoms. The number of fused-ring (bicyclic) bond motifs is 1. The Morgan fingerprint density at radius 3 is 2.76 bits per heavy atom. The molecule has 2 aromatic carbocycles. The molecule has 1 aliphatic rings. The number of primary amides is 1. The van der Waals surface area contributed by atoms with Gasteiger partial charge >= 0.3 is 11.8 Å². The molecule has 0 spiro atoms. The number of amides is 3. The predicted molar refractivity (Wildman–Crippen MR) is 101 cm³/mol. The number of carbonyl (C=O) groups excluding carboxylic acids is 3. The van der Waals surface area contributed by atoms with Crippen LogP contribution in [0.2, 0.25) is 0 Å². The van der Waals surface area contributed by atoms with E-state index < -0.39 is 17.7 Å². The topological polar surface area (TPSA) is 141 Å². The average molecular weight is 398 g/mol. The van der Waals surface area contributed by atoms with Crippen molar-refractivity contribution in [3.05, 3.63) is 53.6 Å². The standard InChI is InChI=1S/C19H18N4O6/c20-17(24)10-27-14-3-1-2-12(6-14)9-22-23-19(26)18(25)21-8-13-4-5-15-16(7-13)29-11-28-15/h1-7,9H,8,10-11H2,(H2,20,24)(H,21,25)(H,23,26)/b22-9-. The van der Waals surface area contributed by atoms with Crippen molar-refractivity contribution in [1.29, 1.82) is 0 Å². The minimum absolute atomic E-state index is 0.145. The summed E-state index contributed by atoms with van der Waals surface area (Å²) in [6, 6.07) is 11.8. The molecule has 0 radical (unpaired) electrons. The second-order valence-corrected chi connectivity index (χ2v) is 5.90. The van der Waals surface area contributed by atoms with Gasteiger partial charge in [0.2, 0.25) is 6.79 Å². The van der Waals surface area contributed by atoms with Crippen molar-refractivity contribution in [2.24, 2.45) is 10.8 Å². The number of hydrogen-bond acceptors (Lipinski definition) is 7. The lowest BCUT2D eigenvalue weighted by Gasteiger charge is -2.05. The Morgan fingerprint density at radius 2 is 1.93 bits per heavy atom. The first-order valence-corrected chi connectivity index (χ1v) is 8.52. The molecular weight excluding hydrogens is 380 g/mol. The van der Waals surface area contributed by atoms with Gasteiger partial charge in [0.1, 0.15) is 5.75 Å². The molecule has 1 heterocycles. The van der Waals surface area contributed by atoms with Crippen LogP contribution < -0.4 is 30.7 Å². The highest BCUT2D eigenvalue weighted by Crippen LogP contribution is 2.32. The van der Waals surface area contributed by atoms with Gasteiger partial charge in [-0.2, -0.15) is 5.10 Å². The smallest absolute Gasteiger partial charge is 0.329 e. The van der Waals surface area contributed by atoms with E-state index >= 15 is 0 Å². The second-order valence-electron chi connectivity index (χ2n) is 5.90.